The summed E-state index contributed by atoms with van der Waals surface area (Å²) in [5.41, 5.74) is 7.93. The van der Waals surface area contributed by atoms with Crippen LogP contribution in [-0.4, -0.2) is 19.7 Å². The highest BCUT2D eigenvalue weighted by molar-refractivity contribution is 5.76. The van der Waals surface area contributed by atoms with Gasteiger partial charge in [0.2, 0.25) is 12.7 Å². The van der Waals surface area contributed by atoms with E-state index in [0.29, 0.717) is 5.75 Å². The topological polar surface area (TPSA) is 73.6 Å². The molecule has 0 bridgehead atoms. The number of nitrogens with two attached hydrogens (primary N) is 1. The molecule has 2 rings (SSSR count). The van der Waals surface area contributed by atoms with Crippen LogP contribution in [0.4, 0.5) is 0 Å². The third-order valence-electron chi connectivity index (χ3n) is 2.84. The molecule has 5 nitrogen and oxygen atoms in total. The molecule has 92 valence electrons. The van der Waals surface area contributed by atoms with Gasteiger partial charge in [0, 0.05) is 19.5 Å². The highest BCUT2D eigenvalue weighted by Gasteiger charge is 2.19. The van der Waals surface area contributed by atoms with Crippen LogP contribution in [0.25, 0.3) is 0 Å². The van der Waals surface area contributed by atoms with Crippen LogP contribution < -0.4 is 20.5 Å². The average Bonchev–Trinajstić information content (AvgIpc) is 2.74. The van der Waals surface area contributed by atoms with Gasteiger partial charge in [-0.2, -0.15) is 0 Å². The number of fused-ring (bicyclic) bond motifs is 1. The minimum atomic E-state index is -0.329. The Morgan fingerprint density at radius 1 is 1.47 bits per heavy atom. The third kappa shape index (κ3) is 2.34. The van der Waals surface area contributed by atoms with Crippen LogP contribution >= 0.6 is 0 Å². The molecule has 0 spiro atoms. The Hall–Kier alpha value is -1.75. The van der Waals surface area contributed by atoms with E-state index < -0.39 is 0 Å². The zero-order valence-corrected chi connectivity index (χ0v) is 9.95. The second-order valence-corrected chi connectivity index (χ2v) is 4.05. The van der Waals surface area contributed by atoms with Crippen molar-refractivity contribution in [2.24, 2.45) is 5.73 Å². The molecule has 1 heterocycles. The van der Waals surface area contributed by atoms with Gasteiger partial charge in [-0.25, -0.2) is 0 Å². The van der Waals surface area contributed by atoms with Crippen molar-refractivity contribution >= 4 is 5.91 Å². The van der Waals surface area contributed by atoms with Gasteiger partial charge in [-0.1, -0.05) is 0 Å². The van der Waals surface area contributed by atoms with Gasteiger partial charge in [-0.15, -0.1) is 0 Å². The highest BCUT2D eigenvalue weighted by atomic mass is 16.7. The fourth-order valence-corrected chi connectivity index (χ4v) is 1.87. The molecular weight excluding hydrogens is 220 g/mol. The van der Waals surface area contributed by atoms with E-state index in [1.165, 1.54) is 0 Å². The smallest absolute Gasteiger partial charge is 0.231 e. The van der Waals surface area contributed by atoms with Crippen LogP contribution in [0.3, 0.4) is 0 Å². The first-order chi connectivity index (χ1) is 8.11. The van der Waals surface area contributed by atoms with Crippen molar-refractivity contribution in [3.05, 3.63) is 23.3 Å². The monoisotopic (exact) mass is 236 g/mol. The first-order valence-electron chi connectivity index (χ1n) is 5.48. The normalized spacial score (nSPS) is 14.5. The van der Waals surface area contributed by atoms with Gasteiger partial charge in [0.25, 0.3) is 0 Å². The highest BCUT2D eigenvalue weighted by Crippen LogP contribution is 2.36. The van der Waals surface area contributed by atoms with E-state index in [1.807, 2.05) is 19.1 Å². The number of carbonyl (C=O) groups is 1. The van der Waals surface area contributed by atoms with Gasteiger partial charge < -0.3 is 20.5 Å². The lowest BCUT2D eigenvalue weighted by molar-refractivity contribution is -0.120. The number of aryl methyl sites for hydroxylation is 1. The second-order valence-electron chi connectivity index (χ2n) is 4.05. The summed E-state index contributed by atoms with van der Waals surface area (Å²) in [4.78, 5) is 11.3. The standard InChI is InChI=1S/C12H16N2O3/c1-7-3-10-11(17-6-16-10)4-8(7)9(13)5-12(15)14-2/h3-4,9H,5-6,13H2,1-2H3,(H,14,15). The van der Waals surface area contributed by atoms with E-state index in [9.17, 15) is 4.79 Å². The van der Waals surface area contributed by atoms with E-state index in [-0.39, 0.29) is 25.2 Å². The molecule has 1 aromatic rings. The maximum absolute atomic E-state index is 11.3. The molecule has 1 aliphatic rings. The van der Waals surface area contributed by atoms with Crippen molar-refractivity contribution in [3.63, 3.8) is 0 Å². The molecule has 0 radical (unpaired) electrons. The molecule has 1 atom stereocenters. The molecule has 1 unspecified atom stereocenters. The summed E-state index contributed by atoms with van der Waals surface area (Å²) in [6, 6.07) is 3.41. The summed E-state index contributed by atoms with van der Waals surface area (Å²) in [6.45, 7) is 2.18. The molecule has 5 heteroatoms. The van der Waals surface area contributed by atoms with Crippen LogP contribution in [0, 0.1) is 6.92 Å². The van der Waals surface area contributed by atoms with E-state index in [0.717, 1.165) is 16.9 Å². The summed E-state index contributed by atoms with van der Waals surface area (Å²) in [5.74, 6) is 1.35. The second kappa shape index (κ2) is 4.63. The predicted octanol–water partition coefficient (Wildman–Crippen LogP) is 0.860. The van der Waals surface area contributed by atoms with Crippen molar-refractivity contribution in [1.82, 2.24) is 5.32 Å². The van der Waals surface area contributed by atoms with Crippen molar-refractivity contribution in [3.8, 4) is 11.5 Å². The first kappa shape index (κ1) is 11.7. The number of nitrogens with one attached hydrogen (secondary N) is 1. The fourth-order valence-electron chi connectivity index (χ4n) is 1.87. The van der Waals surface area contributed by atoms with Crippen LogP contribution in [0.15, 0.2) is 12.1 Å². The molecule has 17 heavy (non-hydrogen) atoms. The Balaban J connectivity index is 2.23. The first-order valence-corrected chi connectivity index (χ1v) is 5.48. The maximum atomic E-state index is 11.3. The zero-order chi connectivity index (χ0) is 12.4. The Morgan fingerprint density at radius 3 is 2.76 bits per heavy atom. The quantitative estimate of drug-likeness (QED) is 0.816. The van der Waals surface area contributed by atoms with E-state index >= 15 is 0 Å². The SMILES string of the molecule is CNC(=O)CC(N)c1cc2c(cc1C)OCO2. The van der Waals surface area contributed by atoms with Crippen LogP contribution in [0.2, 0.25) is 0 Å². The van der Waals surface area contributed by atoms with Crippen molar-refractivity contribution in [2.75, 3.05) is 13.8 Å². The third-order valence-corrected chi connectivity index (χ3v) is 2.84. The number of amides is 1. The largest absolute Gasteiger partial charge is 0.454 e. The minimum absolute atomic E-state index is 0.0745. The number of benzene rings is 1. The van der Waals surface area contributed by atoms with Crippen molar-refractivity contribution in [1.29, 1.82) is 0 Å². The number of hydrogen-bond donors (Lipinski definition) is 2. The maximum Gasteiger partial charge on any atom is 0.231 e. The lowest BCUT2D eigenvalue weighted by Crippen LogP contribution is -2.24. The number of carbonyl (C=O) groups excluding carboxylic acids is 1. The Morgan fingerprint density at radius 2 is 2.12 bits per heavy atom. The number of rotatable bonds is 3. The molecule has 0 aromatic heterocycles. The summed E-state index contributed by atoms with van der Waals surface area (Å²) >= 11 is 0. The average molecular weight is 236 g/mol. The van der Waals surface area contributed by atoms with Gasteiger partial charge in [-0.3, -0.25) is 4.79 Å². The van der Waals surface area contributed by atoms with Gasteiger partial charge in [0.1, 0.15) is 0 Å². The molecule has 0 aliphatic carbocycles. The van der Waals surface area contributed by atoms with E-state index in [4.69, 9.17) is 15.2 Å². The Kier molecular flexibility index (Phi) is 3.19. The summed E-state index contributed by atoms with van der Waals surface area (Å²) in [6.07, 6.45) is 0.261. The summed E-state index contributed by atoms with van der Waals surface area (Å²) < 4.78 is 10.6. The molecule has 3 N–H and O–H groups in total. The molecule has 0 saturated heterocycles. The van der Waals surface area contributed by atoms with Gasteiger partial charge in [0.15, 0.2) is 11.5 Å². The number of hydrogen-bond acceptors (Lipinski definition) is 4. The Bertz CT molecular complexity index is 446. The molecule has 1 aliphatic heterocycles. The predicted molar refractivity (Wildman–Crippen MR) is 62.9 cm³/mol. The van der Waals surface area contributed by atoms with Gasteiger partial charge in [-0.05, 0) is 30.2 Å². The molecule has 0 saturated carbocycles. The molecule has 1 amide bonds. The molecular formula is C12H16N2O3. The van der Waals surface area contributed by atoms with Crippen LogP contribution in [0.5, 0.6) is 11.5 Å². The number of ether oxygens (including phenoxy) is 2. The lowest BCUT2D eigenvalue weighted by atomic mass is 9.98. The van der Waals surface area contributed by atoms with Crippen LogP contribution in [0.1, 0.15) is 23.6 Å². The van der Waals surface area contributed by atoms with Crippen molar-refractivity contribution in [2.45, 2.75) is 19.4 Å². The van der Waals surface area contributed by atoms with Crippen molar-refractivity contribution < 1.29 is 14.3 Å². The molecule has 0 fully saturated rings. The van der Waals surface area contributed by atoms with E-state index in [2.05, 4.69) is 5.32 Å². The molecule has 1 aromatic carbocycles. The van der Waals surface area contributed by atoms with E-state index in [1.54, 1.807) is 7.05 Å². The summed E-state index contributed by atoms with van der Waals surface area (Å²) in [5, 5.41) is 2.56. The minimum Gasteiger partial charge on any atom is -0.454 e. The fraction of sp³-hybridized carbons (Fsp3) is 0.417. The Labute approximate surface area is 99.9 Å². The van der Waals surface area contributed by atoms with Crippen LogP contribution in [-0.2, 0) is 4.79 Å². The van der Waals surface area contributed by atoms with Gasteiger partial charge >= 0.3 is 0 Å². The summed E-state index contributed by atoms with van der Waals surface area (Å²) in [7, 11) is 1.60. The van der Waals surface area contributed by atoms with Gasteiger partial charge in [0.05, 0.1) is 0 Å². The lowest BCUT2D eigenvalue weighted by Gasteiger charge is -2.14. The zero-order valence-electron chi connectivity index (χ0n) is 9.95.